The molecule has 0 saturated heterocycles. The van der Waals surface area contributed by atoms with E-state index >= 15 is 0 Å². The maximum Gasteiger partial charge on any atom is 0.275 e. The average Bonchev–Trinajstić information content (AvgIpc) is 2.25. The van der Waals surface area contributed by atoms with Gasteiger partial charge in [0.15, 0.2) is 0 Å². The van der Waals surface area contributed by atoms with E-state index in [1.807, 2.05) is 13.8 Å². The molecule has 1 aromatic rings. The quantitative estimate of drug-likeness (QED) is 0.600. The van der Waals surface area contributed by atoms with Gasteiger partial charge in [-0.1, -0.05) is 0 Å². The van der Waals surface area contributed by atoms with Crippen LogP contribution in [0, 0.1) is 10.1 Å². The summed E-state index contributed by atoms with van der Waals surface area (Å²) in [5, 5.41) is 22.9. The minimum absolute atomic E-state index is 0.0405. The number of benzene rings is 1. The Morgan fingerprint density at radius 2 is 2.06 bits per heavy atom. The van der Waals surface area contributed by atoms with Gasteiger partial charge >= 0.3 is 0 Å². The van der Waals surface area contributed by atoms with Crippen molar-refractivity contribution in [2.75, 3.05) is 11.9 Å². The van der Waals surface area contributed by atoms with Gasteiger partial charge in [0.25, 0.3) is 5.69 Å². The van der Waals surface area contributed by atoms with E-state index in [0.717, 1.165) is 0 Å². The molecule has 0 fully saturated rings. The molecule has 0 aliphatic heterocycles. The number of ether oxygens (including phenoxy) is 1. The topological polar surface area (TPSA) is 84.6 Å². The van der Waals surface area contributed by atoms with Crippen LogP contribution in [0.25, 0.3) is 0 Å². The molecule has 6 nitrogen and oxygen atoms in total. The van der Waals surface area contributed by atoms with Crippen LogP contribution in [0.15, 0.2) is 18.2 Å². The molecule has 0 aliphatic rings. The predicted octanol–water partition coefficient (Wildman–Crippen LogP) is 2.17. The molecular weight excluding hydrogens is 236 g/mol. The summed E-state index contributed by atoms with van der Waals surface area (Å²) in [6, 6.07) is 4.47. The second-order valence-corrected chi connectivity index (χ2v) is 4.37. The standard InChI is InChI=1S/C12H18N2O4/c1-8(2)18-12-5-10(13-7-9(3)15)4-11(6-12)14(16)17/h4-6,8-9,13,15H,7H2,1-3H3. The first-order valence-electron chi connectivity index (χ1n) is 5.76. The Balaban J connectivity index is 2.94. The zero-order chi connectivity index (χ0) is 13.7. The third kappa shape index (κ3) is 4.58. The maximum absolute atomic E-state index is 10.8. The number of aliphatic hydroxyl groups excluding tert-OH is 1. The molecule has 0 saturated carbocycles. The van der Waals surface area contributed by atoms with Crippen LogP contribution >= 0.6 is 0 Å². The second-order valence-electron chi connectivity index (χ2n) is 4.37. The third-order valence-electron chi connectivity index (χ3n) is 2.08. The number of nitrogens with zero attached hydrogens (tertiary/aromatic N) is 1. The summed E-state index contributed by atoms with van der Waals surface area (Å²) in [5.41, 5.74) is 0.516. The van der Waals surface area contributed by atoms with E-state index in [1.54, 1.807) is 13.0 Å². The summed E-state index contributed by atoms with van der Waals surface area (Å²) in [6.45, 7) is 5.65. The molecule has 18 heavy (non-hydrogen) atoms. The lowest BCUT2D eigenvalue weighted by Crippen LogP contribution is -2.15. The van der Waals surface area contributed by atoms with E-state index in [4.69, 9.17) is 4.74 Å². The van der Waals surface area contributed by atoms with Gasteiger partial charge in [-0.05, 0) is 20.8 Å². The van der Waals surface area contributed by atoms with Crippen LogP contribution in [0.3, 0.4) is 0 Å². The first-order chi connectivity index (χ1) is 8.38. The van der Waals surface area contributed by atoms with Gasteiger partial charge < -0.3 is 15.2 Å². The van der Waals surface area contributed by atoms with Crippen molar-refractivity contribution in [1.82, 2.24) is 0 Å². The van der Waals surface area contributed by atoms with Crippen LogP contribution in [-0.4, -0.2) is 28.8 Å². The Bertz CT molecular complexity index is 419. The molecule has 6 heteroatoms. The lowest BCUT2D eigenvalue weighted by Gasteiger charge is -2.13. The number of hydrogen-bond donors (Lipinski definition) is 2. The Hall–Kier alpha value is -1.82. The minimum atomic E-state index is -0.529. The average molecular weight is 254 g/mol. The monoisotopic (exact) mass is 254 g/mol. The molecule has 100 valence electrons. The van der Waals surface area contributed by atoms with Gasteiger partial charge in [-0.3, -0.25) is 10.1 Å². The predicted molar refractivity (Wildman–Crippen MR) is 69.0 cm³/mol. The number of nitrogens with one attached hydrogen (secondary N) is 1. The highest BCUT2D eigenvalue weighted by molar-refractivity contribution is 5.56. The van der Waals surface area contributed by atoms with E-state index < -0.39 is 11.0 Å². The molecular formula is C12H18N2O4. The Kier molecular flexibility index (Phi) is 4.91. The molecule has 0 bridgehead atoms. The normalized spacial score (nSPS) is 12.3. The Morgan fingerprint density at radius 3 is 2.56 bits per heavy atom. The lowest BCUT2D eigenvalue weighted by molar-refractivity contribution is -0.384. The van der Waals surface area contributed by atoms with Gasteiger partial charge in [0, 0.05) is 24.4 Å². The third-order valence-corrected chi connectivity index (χ3v) is 2.08. The van der Waals surface area contributed by atoms with Crippen LogP contribution in [0.1, 0.15) is 20.8 Å². The summed E-state index contributed by atoms with van der Waals surface area (Å²) in [6.07, 6.45) is -0.588. The summed E-state index contributed by atoms with van der Waals surface area (Å²) >= 11 is 0. The minimum Gasteiger partial charge on any atom is -0.491 e. The molecule has 0 spiro atoms. The van der Waals surface area contributed by atoms with Gasteiger partial charge in [0.1, 0.15) is 5.75 Å². The van der Waals surface area contributed by atoms with Crippen molar-refractivity contribution in [1.29, 1.82) is 0 Å². The fourth-order valence-electron chi connectivity index (χ4n) is 1.40. The van der Waals surface area contributed by atoms with E-state index in [-0.39, 0.29) is 11.8 Å². The highest BCUT2D eigenvalue weighted by Crippen LogP contribution is 2.26. The SMILES string of the molecule is CC(O)CNc1cc(OC(C)C)cc([N+](=O)[O-])c1. The van der Waals surface area contributed by atoms with Crippen molar-refractivity contribution in [2.45, 2.75) is 33.0 Å². The fraction of sp³-hybridized carbons (Fsp3) is 0.500. The second kappa shape index (κ2) is 6.20. The van der Waals surface area contributed by atoms with E-state index in [2.05, 4.69) is 5.32 Å². The summed E-state index contributed by atoms with van der Waals surface area (Å²) in [5.74, 6) is 0.437. The Morgan fingerprint density at radius 1 is 1.39 bits per heavy atom. The first-order valence-corrected chi connectivity index (χ1v) is 5.76. The zero-order valence-corrected chi connectivity index (χ0v) is 10.7. The van der Waals surface area contributed by atoms with E-state index in [0.29, 0.717) is 18.0 Å². The van der Waals surface area contributed by atoms with Crippen molar-refractivity contribution in [3.63, 3.8) is 0 Å². The number of nitro benzene ring substituents is 1. The molecule has 0 heterocycles. The largest absolute Gasteiger partial charge is 0.491 e. The molecule has 0 aromatic heterocycles. The molecule has 1 aromatic carbocycles. The summed E-state index contributed by atoms with van der Waals surface area (Å²) in [4.78, 5) is 10.3. The molecule has 1 atom stereocenters. The van der Waals surface area contributed by atoms with Crippen LogP contribution < -0.4 is 10.1 Å². The van der Waals surface area contributed by atoms with Crippen LogP contribution in [-0.2, 0) is 0 Å². The van der Waals surface area contributed by atoms with Crippen molar-refractivity contribution >= 4 is 11.4 Å². The summed E-state index contributed by atoms with van der Waals surface area (Å²) in [7, 11) is 0. The van der Waals surface area contributed by atoms with Crippen molar-refractivity contribution in [2.24, 2.45) is 0 Å². The smallest absolute Gasteiger partial charge is 0.275 e. The van der Waals surface area contributed by atoms with Gasteiger partial charge in [0.05, 0.1) is 23.2 Å². The highest BCUT2D eigenvalue weighted by Gasteiger charge is 2.11. The number of hydrogen-bond acceptors (Lipinski definition) is 5. The van der Waals surface area contributed by atoms with Crippen molar-refractivity contribution in [3.05, 3.63) is 28.3 Å². The molecule has 0 aliphatic carbocycles. The lowest BCUT2D eigenvalue weighted by atomic mass is 10.2. The number of non-ortho nitro benzene ring substituents is 1. The number of aliphatic hydroxyl groups is 1. The number of anilines is 1. The summed E-state index contributed by atoms with van der Waals surface area (Å²) < 4.78 is 5.45. The molecule has 2 N–H and O–H groups in total. The molecule has 1 unspecified atom stereocenters. The highest BCUT2D eigenvalue weighted by atomic mass is 16.6. The maximum atomic E-state index is 10.8. The number of nitro groups is 1. The number of rotatable bonds is 6. The molecule has 0 amide bonds. The van der Waals surface area contributed by atoms with E-state index in [1.165, 1.54) is 12.1 Å². The van der Waals surface area contributed by atoms with E-state index in [9.17, 15) is 15.2 Å². The Labute approximate surface area is 106 Å². The van der Waals surface area contributed by atoms with Gasteiger partial charge in [-0.15, -0.1) is 0 Å². The van der Waals surface area contributed by atoms with Crippen molar-refractivity contribution in [3.8, 4) is 5.75 Å². The van der Waals surface area contributed by atoms with Gasteiger partial charge in [-0.25, -0.2) is 0 Å². The fourth-order valence-corrected chi connectivity index (χ4v) is 1.40. The van der Waals surface area contributed by atoms with Gasteiger partial charge in [0.2, 0.25) is 0 Å². The van der Waals surface area contributed by atoms with Crippen molar-refractivity contribution < 1.29 is 14.8 Å². The molecule has 1 rings (SSSR count). The van der Waals surface area contributed by atoms with Crippen LogP contribution in [0.4, 0.5) is 11.4 Å². The van der Waals surface area contributed by atoms with Crippen LogP contribution in [0.2, 0.25) is 0 Å². The van der Waals surface area contributed by atoms with Gasteiger partial charge in [-0.2, -0.15) is 0 Å². The zero-order valence-electron chi connectivity index (χ0n) is 10.7. The van der Waals surface area contributed by atoms with Crippen LogP contribution in [0.5, 0.6) is 5.75 Å². The molecule has 0 radical (unpaired) electrons. The first kappa shape index (κ1) is 14.2.